The summed E-state index contributed by atoms with van der Waals surface area (Å²) in [5.41, 5.74) is 5.83. The zero-order chi connectivity index (χ0) is 11.1. The van der Waals surface area contributed by atoms with Gasteiger partial charge in [0, 0.05) is 5.56 Å². The van der Waals surface area contributed by atoms with Crippen molar-refractivity contribution in [3.63, 3.8) is 0 Å². The van der Waals surface area contributed by atoms with E-state index in [0.29, 0.717) is 5.56 Å². The lowest BCUT2D eigenvalue weighted by atomic mass is 10.1. The second-order valence-electron chi connectivity index (χ2n) is 2.60. The zero-order valence-electron chi connectivity index (χ0n) is 7.97. The first-order chi connectivity index (χ1) is 7.33. The van der Waals surface area contributed by atoms with E-state index in [1.807, 2.05) is 6.07 Å². The molecule has 1 rings (SSSR count). The van der Waals surface area contributed by atoms with E-state index in [0.717, 1.165) is 0 Å². The van der Waals surface area contributed by atoms with Gasteiger partial charge >= 0.3 is 0 Å². The van der Waals surface area contributed by atoms with Crippen molar-refractivity contribution in [2.24, 2.45) is 5.73 Å². The lowest BCUT2D eigenvalue weighted by Gasteiger charge is -2.07. The first kappa shape index (κ1) is 10.8. The van der Waals surface area contributed by atoms with Crippen molar-refractivity contribution in [1.29, 1.82) is 10.5 Å². The van der Waals surface area contributed by atoms with Gasteiger partial charge in [0.2, 0.25) is 0 Å². The monoisotopic (exact) mass is 199 g/mol. The molecule has 0 radical (unpaired) electrons. The number of ether oxygens (including phenoxy) is 1. The predicted molar refractivity (Wildman–Crippen MR) is 54.7 cm³/mol. The molecule has 0 saturated heterocycles. The summed E-state index contributed by atoms with van der Waals surface area (Å²) in [7, 11) is 0. The summed E-state index contributed by atoms with van der Waals surface area (Å²) < 4.78 is 5.08. The van der Waals surface area contributed by atoms with Gasteiger partial charge in [0.1, 0.15) is 18.9 Å². The van der Waals surface area contributed by atoms with Crippen LogP contribution in [0.25, 0.3) is 5.76 Å². The van der Waals surface area contributed by atoms with Crippen LogP contribution in [0.3, 0.4) is 0 Å². The van der Waals surface area contributed by atoms with Crippen molar-refractivity contribution in [1.82, 2.24) is 0 Å². The van der Waals surface area contributed by atoms with E-state index in [-0.39, 0.29) is 18.1 Å². The number of benzene rings is 1. The Balaban J connectivity index is 3.22. The minimum absolute atomic E-state index is 0.0723. The molecule has 0 amide bonds. The number of nitrogens with two attached hydrogens (primary N) is 1. The molecule has 0 aromatic heterocycles. The number of rotatable bonds is 3. The summed E-state index contributed by atoms with van der Waals surface area (Å²) in [5, 5.41) is 17.5. The molecule has 4 nitrogen and oxygen atoms in total. The Morgan fingerprint density at radius 1 is 1.20 bits per heavy atom. The van der Waals surface area contributed by atoms with Crippen molar-refractivity contribution in [2.75, 3.05) is 6.73 Å². The summed E-state index contributed by atoms with van der Waals surface area (Å²) >= 11 is 0. The summed E-state index contributed by atoms with van der Waals surface area (Å²) in [6.45, 7) is -0.0723. The van der Waals surface area contributed by atoms with E-state index in [4.69, 9.17) is 21.0 Å². The van der Waals surface area contributed by atoms with Gasteiger partial charge in [0.05, 0.1) is 0 Å². The molecule has 15 heavy (non-hydrogen) atoms. The largest absolute Gasteiger partial charge is 0.476 e. The molecule has 1 aromatic rings. The second-order valence-corrected chi connectivity index (χ2v) is 2.60. The van der Waals surface area contributed by atoms with E-state index in [9.17, 15) is 0 Å². The lowest BCUT2D eigenvalue weighted by Crippen LogP contribution is -2.05. The molecule has 0 bridgehead atoms. The minimum Gasteiger partial charge on any atom is -0.476 e. The number of allylic oxidation sites excluding steroid dienone is 1. The molecule has 0 atom stereocenters. The maximum Gasteiger partial charge on any atom is 0.172 e. The van der Waals surface area contributed by atoms with Gasteiger partial charge in [-0.3, -0.25) is 5.73 Å². The van der Waals surface area contributed by atoms with Crippen LogP contribution in [0.15, 0.2) is 35.9 Å². The van der Waals surface area contributed by atoms with Gasteiger partial charge < -0.3 is 4.74 Å². The molecule has 2 N–H and O–H groups in total. The van der Waals surface area contributed by atoms with E-state index in [1.165, 1.54) is 0 Å². The van der Waals surface area contributed by atoms with Crippen molar-refractivity contribution in [3.8, 4) is 12.1 Å². The smallest absolute Gasteiger partial charge is 0.172 e. The summed E-state index contributed by atoms with van der Waals surface area (Å²) in [4.78, 5) is 0. The summed E-state index contributed by atoms with van der Waals surface area (Å²) in [6, 6.07) is 12.5. The fraction of sp³-hybridized carbons (Fsp3) is 0.0909. The van der Waals surface area contributed by atoms with E-state index < -0.39 is 0 Å². The Kier molecular flexibility index (Phi) is 3.91. The average Bonchev–Trinajstić information content (AvgIpc) is 2.30. The van der Waals surface area contributed by atoms with Crippen LogP contribution < -0.4 is 5.73 Å². The Labute approximate surface area is 87.8 Å². The van der Waals surface area contributed by atoms with Gasteiger partial charge in [-0.05, 0) is 0 Å². The van der Waals surface area contributed by atoms with Crippen LogP contribution >= 0.6 is 0 Å². The van der Waals surface area contributed by atoms with Gasteiger partial charge in [0.15, 0.2) is 11.3 Å². The molecule has 0 aliphatic carbocycles. The maximum absolute atomic E-state index is 8.73. The first-order valence-corrected chi connectivity index (χ1v) is 4.26. The third-order valence-corrected chi connectivity index (χ3v) is 1.71. The fourth-order valence-electron chi connectivity index (χ4n) is 1.10. The average molecular weight is 199 g/mol. The topological polar surface area (TPSA) is 82.8 Å². The predicted octanol–water partition coefficient (Wildman–Crippen LogP) is 1.38. The first-order valence-electron chi connectivity index (χ1n) is 4.26. The molecule has 74 valence electrons. The molecule has 4 heteroatoms. The molecule has 0 aliphatic rings. The van der Waals surface area contributed by atoms with Gasteiger partial charge in [-0.1, -0.05) is 30.3 Å². The quantitative estimate of drug-likeness (QED) is 0.453. The van der Waals surface area contributed by atoms with Crippen LogP contribution in [0, 0.1) is 22.7 Å². The maximum atomic E-state index is 8.73. The molecule has 1 aromatic carbocycles. The molecule has 0 saturated carbocycles. The SMILES string of the molecule is N#CC(C#N)=C(OCN)c1ccccc1. The highest BCUT2D eigenvalue weighted by molar-refractivity contribution is 5.70. The molecular formula is C11H9N3O. The van der Waals surface area contributed by atoms with Gasteiger partial charge in [-0.25, -0.2) is 0 Å². The zero-order valence-corrected chi connectivity index (χ0v) is 7.97. The Bertz CT molecular complexity index is 421. The van der Waals surface area contributed by atoms with Crippen molar-refractivity contribution in [3.05, 3.63) is 41.5 Å². The Morgan fingerprint density at radius 2 is 1.80 bits per heavy atom. The van der Waals surface area contributed by atoms with E-state index in [2.05, 4.69) is 0 Å². The van der Waals surface area contributed by atoms with E-state index >= 15 is 0 Å². The van der Waals surface area contributed by atoms with Gasteiger partial charge in [-0.2, -0.15) is 10.5 Å². The van der Waals surface area contributed by atoms with Gasteiger partial charge in [-0.15, -0.1) is 0 Å². The third kappa shape index (κ3) is 2.57. The molecule has 0 fully saturated rings. The number of hydrogen-bond donors (Lipinski definition) is 1. The van der Waals surface area contributed by atoms with Crippen molar-refractivity contribution < 1.29 is 4.74 Å². The van der Waals surface area contributed by atoms with Crippen LogP contribution in [0.4, 0.5) is 0 Å². The number of nitriles is 2. The minimum atomic E-state index is -0.0772. The van der Waals surface area contributed by atoms with Crippen molar-refractivity contribution in [2.45, 2.75) is 0 Å². The van der Waals surface area contributed by atoms with Crippen LogP contribution in [0.1, 0.15) is 5.56 Å². The van der Waals surface area contributed by atoms with Crippen LogP contribution in [0.2, 0.25) is 0 Å². The molecule has 0 unspecified atom stereocenters. The highest BCUT2D eigenvalue weighted by Crippen LogP contribution is 2.18. The second kappa shape index (κ2) is 5.43. The number of nitrogens with zero attached hydrogens (tertiary/aromatic N) is 2. The molecular weight excluding hydrogens is 190 g/mol. The third-order valence-electron chi connectivity index (χ3n) is 1.71. The van der Waals surface area contributed by atoms with E-state index in [1.54, 1.807) is 36.4 Å². The number of hydrogen-bond acceptors (Lipinski definition) is 4. The fourth-order valence-corrected chi connectivity index (χ4v) is 1.10. The standard InChI is InChI=1S/C11H9N3O/c12-6-10(7-13)11(15-8-14)9-4-2-1-3-5-9/h1-5H,8,14H2. The summed E-state index contributed by atoms with van der Waals surface area (Å²) in [5.74, 6) is 0.225. The molecule has 0 heterocycles. The van der Waals surface area contributed by atoms with Gasteiger partial charge in [0.25, 0.3) is 0 Å². The Hall–Kier alpha value is -2.30. The molecule has 0 spiro atoms. The molecule has 0 aliphatic heterocycles. The van der Waals surface area contributed by atoms with Crippen LogP contribution in [0.5, 0.6) is 0 Å². The van der Waals surface area contributed by atoms with Crippen molar-refractivity contribution >= 4 is 5.76 Å². The van der Waals surface area contributed by atoms with Crippen LogP contribution in [-0.4, -0.2) is 6.73 Å². The van der Waals surface area contributed by atoms with Crippen LogP contribution in [-0.2, 0) is 4.74 Å². The lowest BCUT2D eigenvalue weighted by molar-refractivity contribution is 0.287. The highest BCUT2D eigenvalue weighted by Gasteiger charge is 2.09. The Morgan fingerprint density at radius 3 is 2.27 bits per heavy atom. The normalized spacial score (nSPS) is 8.47. The summed E-state index contributed by atoms with van der Waals surface area (Å²) in [6.07, 6.45) is 0. The highest BCUT2D eigenvalue weighted by atomic mass is 16.5.